The molecule has 5 nitrogen and oxygen atoms in total. The molecule has 1 aromatic carbocycles. The second kappa shape index (κ2) is 6.44. The number of nitriles is 1. The van der Waals surface area contributed by atoms with Crippen LogP contribution in [0.5, 0.6) is 0 Å². The molecule has 0 radical (unpaired) electrons. The van der Waals surface area contributed by atoms with Crippen molar-refractivity contribution in [1.82, 2.24) is 4.90 Å². The molecular formula is C16H18ClN3O2S. The minimum Gasteiger partial charge on any atom is -0.396 e. The summed E-state index contributed by atoms with van der Waals surface area (Å²) in [5.74, 6) is -0.149. The second-order valence-electron chi connectivity index (χ2n) is 5.89. The first-order valence-corrected chi connectivity index (χ1v) is 8.02. The van der Waals surface area contributed by atoms with Gasteiger partial charge in [-0.2, -0.15) is 5.26 Å². The summed E-state index contributed by atoms with van der Waals surface area (Å²) in [6.07, 6.45) is 0.526. The fourth-order valence-electron chi connectivity index (χ4n) is 2.66. The van der Waals surface area contributed by atoms with Crippen molar-refractivity contribution in [2.75, 3.05) is 18.1 Å². The fraction of sp³-hybridized carbons (Fsp3) is 0.438. The molecule has 122 valence electrons. The van der Waals surface area contributed by atoms with Crippen LogP contribution in [0.1, 0.15) is 31.4 Å². The van der Waals surface area contributed by atoms with E-state index >= 15 is 0 Å². The lowest BCUT2D eigenvalue weighted by Gasteiger charge is -2.29. The first kappa shape index (κ1) is 17.7. The van der Waals surface area contributed by atoms with E-state index in [2.05, 4.69) is 0 Å². The van der Waals surface area contributed by atoms with Crippen LogP contribution in [-0.2, 0) is 4.79 Å². The van der Waals surface area contributed by atoms with Crippen molar-refractivity contribution in [2.24, 2.45) is 0 Å². The standard InChI is InChI=1S/C16H18ClN3O2S/c1-10-12(6-5-11(9-18)13(10)17)20-14(22)16(2,3)19(15(20)23)7-4-8-21/h5-6,21H,4,7-8H2,1-3H3. The largest absolute Gasteiger partial charge is 0.396 e. The van der Waals surface area contributed by atoms with Crippen LogP contribution in [0.15, 0.2) is 12.1 Å². The van der Waals surface area contributed by atoms with E-state index in [9.17, 15) is 4.79 Å². The van der Waals surface area contributed by atoms with Crippen LogP contribution in [0.3, 0.4) is 0 Å². The summed E-state index contributed by atoms with van der Waals surface area (Å²) in [6.45, 7) is 5.90. The molecule has 1 saturated heterocycles. The van der Waals surface area contributed by atoms with Crippen LogP contribution in [0.4, 0.5) is 5.69 Å². The number of amides is 1. The monoisotopic (exact) mass is 351 g/mol. The normalized spacial score (nSPS) is 16.9. The molecule has 7 heteroatoms. The summed E-state index contributed by atoms with van der Waals surface area (Å²) in [5.41, 5.74) is 0.797. The van der Waals surface area contributed by atoms with Gasteiger partial charge >= 0.3 is 0 Å². The van der Waals surface area contributed by atoms with Crippen molar-refractivity contribution in [3.8, 4) is 6.07 Å². The topological polar surface area (TPSA) is 67.6 Å². The van der Waals surface area contributed by atoms with E-state index in [4.69, 9.17) is 34.2 Å². The molecule has 0 spiro atoms. The molecule has 0 unspecified atom stereocenters. The van der Waals surface area contributed by atoms with Gasteiger partial charge in [0, 0.05) is 13.2 Å². The van der Waals surface area contributed by atoms with Gasteiger partial charge in [0.05, 0.1) is 16.3 Å². The van der Waals surface area contributed by atoms with Crippen molar-refractivity contribution in [2.45, 2.75) is 32.7 Å². The Hall–Kier alpha value is -1.68. The molecular weight excluding hydrogens is 334 g/mol. The third-order valence-electron chi connectivity index (χ3n) is 4.08. The number of hydrogen-bond donors (Lipinski definition) is 1. The first-order valence-electron chi connectivity index (χ1n) is 7.23. The van der Waals surface area contributed by atoms with Crippen LogP contribution < -0.4 is 4.90 Å². The maximum Gasteiger partial charge on any atom is 0.258 e. The Labute approximate surface area is 146 Å². The minimum atomic E-state index is -0.793. The lowest BCUT2D eigenvalue weighted by atomic mass is 10.0. The van der Waals surface area contributed by atoms with Gasteiger partial charge in [-0.05, 0) is 57.1 Å². The van der Waals surface area contributed by atoms with E-state index in [1.807, 2.05) is 11.0 Å². The van der Waals surface area contributed by atoms with E-state index in [0.717, 1.165) is 0 Å². The summed E-state index contributed by atoms with van der Waals surface area (Å²) in [6, 6.07) is 5.30. The molecule has 0 aromatic heterocycles. The number of rotatable bonds is 4. The van der Waals surface area contributed by atoms with Gasteiger partial charge in [0.2, 0.25) is 0 Å². The number of aliphatic hydroxyl groups excluding tert-OH is 1. The fourth-order valence-corrected chi connectivity index (χ4v) is 3.36. The van der Waals surface area contributed by atoms with E-state index < -0.39 is 5.54 Å². The highest BCUT2D eigenvalue weighted by atomic mass is 35.5. The maximum absolute atomic E-state index is 12.9. The zero-order valence-corrected chi connectivity index (χ0v) is 14.8. The van der Waals surface area contributed by atoms with E-state index in [1.165, 1.54) is 4.90 Å². The Morgan fingerprint density at radius 2 is 2.09 bits per heavy atom. The van der Waals surface area contributed by atoms with Gasteiger partial charge in [0.1, 0.15) is 11.6 Å². The molecule has 1 amide bonds. The molecule has 1 heterocycles. The van der Waals surface area contributed by atoms with Gasteiger partial charge in [0.15, 0.2) is 5.11 Å². The van der Waals surface area contributed by atoms with Gasteiger partial charge in [-0.15, -0.1) is 0 Å². The molecule has 1 aromatic rings. The number of benzene rings is 1. The third kappa shape index (κ3) is 2.80. The molecule has 0 bridgehead atoms. The van der Waals surface area contributed by atoms with Crippen LogP contribution in [0, 0.1) is 18.3 Å². The molecule has 1 aliphatic rings. The SMILES string of the molecule is Cc1c(N2C(=O)C(C)(C)N(CCCO)C2=S)ccc(C#N)c1Cl. The van der Waals surface area contributed by atoms with Gasteiger partial charge in [-0.25, -0.2) is 0 Å². The Bertz CT molecular complexity index is 712. The van der Waals surface area contributed by atoms with Crippen LogP contribution in [0.25, 0.3) is 0 Å². The summed E-state index contributed by atoms with van der Waals surface area (Å²) in [7, 11) is 0. The van der Waals surface area contributed by atoms with E-state index in [0.29, 0.717) is 39.9 Å². The zero-order valence-electron chi connectivity index (χ0n) is 13.3. The highest BCUT2D eigenvalue weighted by Crippen LogP contribution is 2.36. The molecule has 1 N–H and O–H groups in total. The molecule has 2 rings (SSSR count). The highest BCUT2D eigenvalue weighted by Gasteiger charge is 2.49. The molecule has 0 aliphatic carbocycles. The Morgan fingerprint density at radius 3 is 2.65 bits per heavy atom. The van der Waals surface area contributed by atoms with Crippen molar-refractivity contribution in [3.63, 3.8) is 0 Å². The number of carbonyl (C=O) groups is 1. The van der Waals surface area contributed by atoms with E-state index in [1.54, 1.807) is 32.9 Å². The van der Waals surface area contributed by atoms with Crippen LogP contribution in [-0.4, -0.2) is 39.7 Å². The number of anilines is 1. The number of nitrogens with zero attached hydrogens (tertiary/aromatic N) is 3. The summed E-state index contributed by atoms with van der Waals surface area (Å²) >= 11 is 11.7. The summed E-state index contributed by atoms with van der Waals surface area (Å²) in [4.78, 5) is 16.1. The van der Waals surface area contributed by atoms with Crippen molar-refractivity contribution in [1.29, 1.82) is 5.26 Å². The van der Waals surface area contributed by atoms with Crippen molar-refractivity contribution in [3.05, 3.63) is 28.3 Å². The Kier molecular flexibility index (Phi) is 4.95. The van der Waals surface area contributed by atoms with Gasteiger partial charge in [-0.1, -0.05) is 11.6 Å². The number of aliphatic hydroxyl groups is 1. The smallest absolute Gasteiger partial charge is 0.258 e. The number of thiocarbonyl (C=S) groups is 1. The lowest BCUT2D eigenvalue weighted by Crippen LogP contribution is -2.44. The third-order valence-corrected chi connectivity index (χ3v) is 4.97. The lowest BCUT2D eigenvalue weighted by molar-refractivity contribution is -0.123. The number of halogens is 1. The predicted octanol–water partition coefficient (Wildman–Crippen LogP) is 2.61. The average Bonchev–Trinajstić information content (AvgIpc) is 2.67. The van der Waals surface area contributed by atoms with Crippen LogP contribution in [0.2, 0.25) is 5.02 Å². The van der Waals surface area contributed by atoms with Crippen LogP contribution >= 0.6 is 23.8 Å². The van der Waals surface area contributed by atoms with Gasteiger partial charge in [0.25, 0.3) is 5.91 Å². The zero-order chi connectivity index (χ0) is 17.4. The highest BCUT2D eigenvalue weighted by molar-refractivity contribution is 7.80. The molecule has 0 saturated carbocycles. The maximum atomic E-state index is 12.9. The van der Waals surface area contributed by atoms with Gasteiger partial charge in [-0.3, -0.25) is 9.69 Å². The predicted molar refractivity (Wildman–Crippen MR) is 93.5 cm³/mol. The van der Waals surface area contributed by atoms with E-state index in [-0.39, 0.29) is 12.5 Å². The molecule has 1 fully saturated rings. The average molecular weight is 352 g/mol. The van der Waals surface area contributed by atoms with Crippen molar-refractivity contribution >= 4 is 40.5 Å². The quantitative estimate of drug-likeness (QED) is 0.844. The number of hydrogen-bond acceptors (Lipinski definition) is 4. The Balaban J connectivity index is 2.49. The number of carbonyl (C=O) groups excluding carboxylic acids is 1. The second-order valence-corrected chi connectivity index (χ2v) is 6.64. The molecule has 23 heavy (non-hydrogen) atoms. The summed E-state index contributed by atoms with van der Waals surface area (Å²) in [5, 5.41) is 18.8. The molecule has 1 aliphatic heterocycles. The Morgan fingerprint density at radius 1 is 1.43 bits per heavy atom. The summed E-state index contributed by atoms with van der Waals surface area (Å²) < 4.78 is 0. The molecule has 0 atom stereocenters. The minimum absolute atomic E-state index is 0.0328. The first-order chi connectivity index (χ1) is 10.8. The van der Waals surface area contributed by atoms with Gasteiger partial charge < -0.3 is 10.0 Å². The van der Waals surface area contributed by atoms with Crippen molar-refractivity contribution < 1.29 is 9.90 Å².